The normalized spacial score (nSPS) is 19.5. The highest BCUT2D eigenvalue weighted by atomic mass is 16.3. The Hall–Kier alpha value is -0.0800. The van der Waals surface area contributed by atoms with Crippen LogP contribution in [0.2, 0.25) is 0 Å². The van der Waals surface area contributed by atoms with Gasteiger partial charge in [-0.25, -0.2) is 0 Å². The molecular weight excluding hydrogens is 198 g/mol. The molecule has 0 atom stereocenters. The lowest BCUT2D eigenvalue weighted by Crippen LogP contribution is -2.42. The zero-order valence-electron chi connectivity index (χ0n) is 11.1. The molecule has 1 aliphatic heterocycles. The van der Waals surface area contributed by atoms with Gasteiger partial charge in [-0.15, -0.1) is 0 Å². The van der Waals surface area contributed by atoms with Crippen molar-refractivity contribution in [2.24, 2.45) is 0 Å². The van der Waals surface area contributed by atoms with E-state index in [0.29, 0.717) is 0 Å². The number of aliphatic hydroxyl groups excluding tert-OH is 1. The van der Waals surface area contributed by atoms with Crippen molar-refractivity contribution in [3.05, 3.63) is 0 Å². The quantitative estimate of drug-likeness (QED) is 0.722. The maximum Gasteiger partial charge on any atom is 0.0564 e. The predicted octanol–water partition coefficient (Wildman–Crippen LogP) is 3.19. The summed E-state index contributed by atoms with van der Waals surface area (Å²) in [5.74, 6) is 0. The molecule has 0 saturated carbocycles. The Morgan fingerprint density at radius 1 is 1.06 bits per heavy atom. The van der Waals surface area contributed by atoms with E-state index in [2.05, 4.69) is 18.7 Å². The van der Waals surface area contributed by atoms with Crippen LogP contribution in [0.1, 0.15) is 65.2 Å². The van der Waals surface area contributed by atoms with Crippen molar-refractivity contribution in [1.29, 1.82) is 0 Å². The Morgan fingerprint density at radius 2 is 1.56 bits per heavy atom. The molecule has 16 heavy (non-hydrogen) atoms. The Labute approximate surface area is 101 Å². The van der Waals surface area contributed by atoms with Gasteiger partial charge in [-0.3, -0.25) is 0 Å². The molecule has 0 aromatic rings. The lowest BCUT2D eigenvalue weighted by atomic mass is 9.98. The van der Waals surface area contributed by atoms with E-state index < -0.39 is 0 Å². The smallest absolute Gasteiger partial charge is 0.0564 e. The maximum absolute atomic E-state index is 9.53. The molecule has 2 nitrogen and oxygen atoms in total. The third-order valence-corrected chi connectivity index (χ3v) is 3.80. The summed E-state index contributed by atoms with van der Waals surface area (Å²) in [5, 5.41) is 9.53. The molecule has 96 valence electrons. The molecule has 1 aliphatic rings. The standard InChI is InChI=1S/C14H29NO/c1-3-5-7-13(8-6-4-2)15-11-9-14(16)10-12-15/h13-14,16H,3-12H2,1-2H3. The van der Waals surface area contributed by atoms with Crippen molar-refractivity contribution in [3.8, 4) is 0 Å². The van der Waals surface area contributed by atoms with Crippen LogP contribution in [-0.2, 0) is 0 Å². The SMILES string of the molecule is CCCCC(CCCC)N1CCC(O)CC1. The summed E-state index contributed by atoms with van der Waals surface area (Å²) in [4.78, 5) is 2.62. The van der Waals surface area contributed by atoms with E-state index in [1.807, 2.05) is 0 Å². The molecule has 0 aliphatic carbocycles. The van der Waals surface area contributed by atoms with Gasteiger partial charge in [-0.1, -0.05) is 39.5 Å². The number of piperidine rings is 1. The Kier molecular flexibility index (Phi) is 7.06. The first-order chi connectivity index (χ1) is 7.77. The molecule has 1 N–H and O–H groups in total. The van der Waals surface area contributed by atoms with Crippen LogP contribution in [-0.4, -0.2) is 35.2 Å². The molecule has 0 spiro atoms. The van der Waals surface area contributed by atoms with Crippen LogP contribution in [0.4, 0.5) is 0 Å². The molecule has 0 radical (unpaired) electrons. The second-order valence-electron chi connectivity index (χ2n) is 5.21. The van der Waals surface area contributed by atoms with Crippen molar-refractivity contribution >= 4 is 0 Å². The highest BCUT2D eigenvalue weighted by molar-refractivity contribution is 4.78. The van der Waals surface area contributed by atoms with E-state index in [1.165, 1.54) is 38.5 Å². The van der Waals surface area contributed by atoms with Crippen LogP contribution in [0.3, 0.4) is 0 Å². The van der Waals surface area contributed by atoms with Crippen LogP contribution >= 0.6 is 0 Å². The van der Waals surface area contributed by atoms with Crippen LogP contribution < -0.4 is 0 Å². The lowest BCUT2D eigenvalue weighted by molar-refractivity contribution is 0.0549. The fraction of sp³-hybridized carbons (Fsp3) is 1.00. The molecule has 1 rings (SSSR count). The third-order valence-electron chi connectivity index (χ3n) is 3.80. The molecule has 0 aromatic carbocycles. The first-order valence-corrected chi connectivity index (χ1v) is 7.20. The topological polar surface area (TPSA) is 23.5 Å². The first-order valence-electron chi connectivity index (χ1n) is 7.20. The van der Waals surface area contributed by atoms with Gasteiger partial charge in [0.25, 0.3) is 0 Å². The van der Waals surface area contributed by atoms with Crippen LogP contribution in [0, 0.1) is 0 Å². The number of hydrogen-bond acceptors (Lipinski definition) is 2. The molecular formula is C14H29NO. The average molecular weight is 227 g/mol. The minimum atomic E-state index is -0.0331. The zero-order chi connectivity index (χ0) is 11.8. The van der Waals surface area contributed by atoms with Gasteiger partial charge in [0.2, 0.25) is 0 Å². The van der Waals surface area contributed by atoms with E-state index in [4.69, 9.17) is 0 Å². The zero-order valence-corrected chi connectivity index (χ0v) is 11.1. The number of aliphatic hydroxyl groups is 1. The summed E-state index contributed by atoms with van der Waals surface area (Å²) in [5.41, 5.74) is 0. The minimum absolute atomic E-state index is 0.0331. The number of likely N-dealkylation sites (tertiary alicyclic amines) is 1. The van der Waals surface area contributed by atoms with Crippen molar-refractivity contribution < 1.29 is 5.11 Å². The summed E-state index contributed by atoms with van der Waals surface area (Å²) in [6.45, 7) is 6.77. The molecule has 2 heteroatoms. The Bertz CT molecular complexity index is 156. The summed E-state index contributed by atoms with van der Waals surface area (Å²) < 4.78 is 0. The molecule has 1 heterocycles. The van der Waals surface area contributed by atoms with E-state index in [-0.39, 0.29) is 6.10 Å². The second kappa shape index (κ2) is 8.08. The summed E-state index contributed by atoms with van der Waals surface area (Å²) >= 11 is 0. The molecule has 0 unspecified atom stereocenters. The average Bonchev–Trinajstić information content (AvgIpc) is 2.31. The van der Waals surface area contributed by atoms with Gasteiger partial charge in [0.05, 0.1) is 6.10 Å². The number of nitrogens with zero attached hydrogens (tertiary/aromatic N) is 1. The molecule has 0 aromatic heterocycles. The van der Waals surface area contributed by atoms with Crippen LogP contribution in [0.15, 0.2) is 0 Å². The number of hydrogen-bond donors (Lipinski definition) is 1. The lowest BCUT2D eigenvalue weighted by Gasteiger charge is -2.36. The van der Waals surface area contributed by atoms with Crippen molar-refractivity contribution in [3.63, 3.8) is 0 Å². The molecule has 1 fully saturated rings. The number of unbranched alkanes of at least 4 members (excludes halogenated alkanes) is 2. The maximum atomic E-state index is 9.53. The third kappa shape index (κ3) is 4.84. The highest BCUT2D eigenvalue weighted by Crippen LogP contribution is 2.20. The van der Waals surface area contributed by atoms with Gasteiger partial charge in [0.15, 0.2) is 0 Å². The van der Waals surface area contributed by atoms with Crippen molar-refractivity contribution in [1.82, 2.24) is 4.90 Å². The van der Waals surface area contributed by atoms with Crippen LogP contribution in [0.5, 0.6) is 0 Å². The largest absolute Gasteiger partial charge is 0.393 e. The van der Waals surface area contributed by atoms with Crippen LogP contribution in [0.25, 0.3) is 0 Å². The molecule has 0 bridgehead atoms. The molecule has 0 amide bonds. The summed E-state index contributed by atoms with van der Waals surface area (Å²) in [6.07, 6.45) is 9.95. The Balaban J connectivity index is 2.34. The minimum Gasteiger partial charge on any atom is -0.393 e. The van der Waals surface area contributed by atoms with Gasteiger partial charge < -0.3 is 10.0 Å². The van der Waals surface area contributed by atoms with Gasteiger partial charge in [-0.05, 0) is 25.7 Å². The summed E-state index contributed by atoms with van der Waals surface area (Å²) in [6, 6.07) is 0.785. The molecule has 1 saturated heterocycles. The predicted molar refractivity (Wildman–Crippen MR) is 69.7 cm³/mol. The van der Waals surface area contributed by atoms with E-state index >= 15 is 0 Å². The van der Waals surface area contributed by atoms with Crippen molar-refractivity contribution in [2.45, 2.75) is 77.4 Å². The van der Waals surface area contributed by atoms with Crippen molar-refractivity contribution in [2.75, 3.05) is 13.1 Å². The van der Waals surface area contributed by atoms with Gasteiger partial charge >= 0.3 is 0 Å². The number of rotatable bonds is 7. The second-order valence-corrected chi connectivity index (χ2v) is 5.21. The van der Waals surface area contributed by atoms with Gasteiger partial charge in [-0.2, -0.15) is 0 Å². The van der Waals surface area contributed by atoms with E-state index in [0.717, 1.165) is 32.0 Å². The fourth-order valence-electron chi connectivity index (χ4n) is 2.64. The Morgan fingerprint density at radius 3 is 2.00 bits per heavy atom. The monoisotopic (exact) mass is 227 g/mol. The first kappa shape index (κ1) is 14.0. The van der Waals surface area contributed by atoms with E-state index in [9.17, 15) is 5.11 Å². The highest BCUT2D eigenvalue weighted by Gasteiger charge is 2.22. The fourth-order valence-corrected chi connectivity index (χ4v) is 2.64. The van der Waals surface area contributed by atoms with Gasteiger partial charge in [0.1, 0.15) is 0 Å². The van der Waals surface area contributed by atoms with Gasteiger partial charge in [0, 0.05) is 19.1 Å². The summed E-state index contributed by atoms with van der Waals surface area (Å²) in [7, 11) is 0. The van der Waals surface area contributed by atoms with E-state index in [1.54, 1.807) is 0 Å².